The Morgan fingerprint density at radius 2 is 2.17 bits per heavy atom. The van der Waals surface area contributed by atoms with Crippen LogP contribution in [0.1, 0.15) is 48.7 Å². The highest BCUT2D eigenvalue weighted by Crippen LogP contribution is 2.60. The molecule has 1 N–H and O–H groups in total. The van der Waals surface area contributed by atoms with E-state index in [4.69, 9.17) is 0 Å². The van der Waals surface area contributed by atoms with Crippen molar-refractivity contribution in [2.45, 2.75) is 58.4 Å². The van der Waals surface area contributed by atoms with Crippen LogP contribution in [0.4, 0.5) is 5.69 Å². The van der Waals surface area contributed by atoms with Gasteiger partial charge in [-0.3, -0.25) is 9.48 Å². The van der Waals surface area contributed by atoms with Crippen molar-refractivity contribution in [2.75, 3.05) is 5.32 Å². The first-order valence-corrected chi connectivity index (χ1v) is 9.00. The molecule has 1 heterocycles. The van der Waals surface area contributed by atoms with Crippen LogP contribution in [0.5, 0.6) is 0 Å². The maximum atomic E-state index is 12.9. The average Bonchev–Trinajstić information content (AvgIpc) is 3.24. The highest BCUT2D eigenvalue weighted by atomic mass is 16.2. The van der Waals surface area contributed by atoms with Gasteiger partial charge in [0.25, 0.3) is 0 Å². The van der Waals surface area contributed by atoms with Crippen LogP contribution in [0, 0.1) is 19.8 Å². The minimum absolute atomic E-state index is 0.0848. The summed E-state index contributed by atoms with van der Waals surface area (Å²) in [6.45, 7) is 6.88. The molecule has 0 bridgehead atoms. The number of hydrogen-bond donors (Lipinski definition) is 1. The van der Waals surface area contributed by atoms with Gasteiger partial charge in [-0.15, -0.1) is 0 Å². The Bertz CT molecular complexity index is 807. The molecule has 1 spiro atoms. The molecule has 0 saturated heterocycles. The van der Waals surface area contributed by atoms with E-state index >= 15 is 0 Å². The average molecular weight is 323 g/mol. The minimum atomic E-state index is 0.0848. The SMILES string of the molecule is CCn1nc(C)c(NC(=O)[C@H]2C[C@@]23CCCc2ccccc23)c1C. The predicted molar refractivity (Wildman–Crippen MR) is 95.2 cm³/mol. The highest BCUT2D eigenvalue weighted by molar-refractivity contribution is 5.97. The summed E-state index contributed by atoms with van der Waals surface area (Å²) in [5, 5.41) is 7.68. The second-order valence-corrected chi connectivity index (χ2v) is 7.27. The Morgan fingerprint density at radius 3 is 2.92 bits per heavy atom. The van der Waals surface area contributed by atoms with E-state index in [1.807, 2.05) is 18.5 Å². The number of nitrogens with one attached hydrogen (secondary N) is 1. The first-order valence-electron chi connectivity index (χ1n) is 9.00. The van der Waals surface area contributed by atoms with Gasteiger partial charge in [0.1, 0.15) is 0 Å². The van der Waals surface area contributed by atoms with Crippen LogP contribution in [0.15, 0.2) is 24.3 Å². The van der Waals surface area contributed by atoms with E-state index < -0.39 is 0 Å². The molecule has 1 fully saturated rings. The Kier molecular flexibility index (Phi) is 3.52. The molecule has 1 saturated carbocycles. The van der Waals surface area contributed by atoms with Gasteiger partial charge in [0.15, 0.2) is 0 Å². The standard InChI is InChI=1S/C20H25N3O/c1-4-23-14(3)18(13(2)22-23)21-19(24)17-12-20(17)11-7-9-15-8-5-6-10-16(15)20/h5-6,8,10,17H,4,7,9,11-12H2,1-3H3,(H,21,24)/t17-,20-/m1/s1. The van der Waals surface area contributed by atoms with Gasteiger partial charge in [-0.2, -0.15) is 5.10 Å². The number of carbonyl (C=O) groups is 1. The van der Waals surface area contributed by atoms with Gasteiger partial charge in [-0.05, 0) is 57.6 Å². The van der Waals surface area contributed by atoms with Crippen molar-refractivity contribution in [3.8, 4) is 0 Å². The Balaban J connectivity index is 1.58. The number of nitrogens with zero attached hydrogens (tertiary/aromatic N) is 2. The van der Waals surface area contributed by atoms with Gasteiger partial charge in [-0.25, -0.2) is 0 Å². The van der Waals surface area contributed by atoms with Gasteiger partial charge in [-0.1, -0.05) is 24.3 Å². The zero-order valence-electron chi connectivity index (χ0n) is 14.7. The van der Waals surface area contributed by atoms with Crippen molar-refractivity contribution < 1.29 is 4.79 Å². The fourth-order valence-corrected chi connectivity index (χ4v) is 4.57. The molecule has 2 atom stereocenters. The number of benzene rings is 1. The minimum Gasteiger partial charge on any atom is -0.323 e. The fourth-order valence-electron chi connectivity index (χ4n) is 4.57. The van der Waals surface area contributed by atoms with Crippen LogP contribution < -0.4 is 5.32 Å². The number of aromatic nitrogens is 2. The number of rotatable bonds is 3. The molecular formula is C20H25N3O. The first kappa shape index (κ1) is 15.4. The number of fused-ring (bicyclic) bond motifs is 2. The molecule has 0 radical (unpaired) electrons. The molecule has 2 aliphatic rings. The molecule has 0 aliphatic heterocycles. The van der Waals surface area contributed by atoms with Crippen LogP contribution in [0.3, 0.4) is 0 Å². The maximum absolute atomic E-state index is 12.9. The van der Waals surface area contributed by atoms with Gasteiger partial charge in [0.2, 0.25) is 5.91 Å². The smallest absolute Gasteiger partial charge is 0.228 e. The van der Waals surface area contributed by atoms with E-state index in [0.29, 0.717) is 0 Å². The third-order valence-electron chi connectivity index (χ3n) is 5.94. The normalized spacial score (nSPS) is 24.7. The monoisotopic (exact) mass is 323 g/mol. The Morgan fingerprint density at radius 1 is 1.38 bits per heavy atom. The summed E-state index contributed by atoms with van der Waals surface area (Å²) in [5.74, 6) is 0.260. The molecule has 0 unspecified atom stereocenters. The van der Waals surface area contributed by atoms with Gasteiger partial charge < -0.3 is 5.32 Å². The molecule has 2 aliphatic carbocycles. The lowest BCUT2D eigenvalue weighted by atomic mass is 9.78. The molecule has 4 rings (SSSR count). The summed E-state index contributed by atoms with van der Waals surface area (Å²) >= 11 is 0. The maximum Gasteiger partial charge on any atom is 0.228 e. The lowest BCUT2D eigenvalue weighted by molar-refractivity contribution is -0.117. The molecule has 4 heteroatoms. The summed E-state index contributed by atoms with van der Waals surface area (Å²) in [6, 6.07) is 8.68. The number of carbonyl (C=O) groups excluding carboxylic acids is 1. The topological polar surface area (TPSA) is 46.9 Å². The Hall–Kier alpha value is -2.10. The zero-order valence-corrected chi connectivity index (χ0v) is 14.7. The molecule has 1 aromatic carbocycles. The fraction of sp³-hybridized carbons (Fsp3) is 0.500. The number of hydrogen-bond acceptors (Lipinski definition) is 2. The van der Waals surface area contributed by atoms with Crippen LogP contribution in [-0.2, 0) is 23.2 Å². The molecule has 1 aromatic heterocycles. The van der Waals surface area contributed by atoms with Crippen molar-refractivity contribution in [2.24, 2.45) is 5.92 Å². The van der Waals surface area contributed by atoms with Crippen molar-refractivity contribution in [3.05, 3.63) is 46.8 Å². The molecular weight excluding hydrogens is 298 g/mol. The first-order chi connectivity index (χ1) is 11.6. The summed E-state index contributed by atoms with van der Waals surface area (Å²) in [5.41, 5.74) is 5.78. The van der Waals surface area contributed by atoms with E-state index in [1.165, 1.54) is 17.5 Å². The van der Waals surface area contributed by atoms with Gasteiger partial charge >= 0.3 is 0 Å². The summed E-state index contributed by atoms with van der Waals surface area (Å²) in [6.07, 6.45) is 4.45. The Labute approximate surface area is 143 Å². The van der Waals surface area contributed by atoms with E-state index in [9.17, 15) is 4.79 Å². The van der Waals surface area contributed by atoms with Crippen LogP contribution in [-0.4, -0.2) is 15.7 Å². The lowest BCUT2D eigenvalue weighted by Gasteiger charge is -2.26. The number of amides is 1. The number of anilines is 1. The summed E-state index contributed by atoms with van der Waals surface area (Å²) < 4.78 is 1.95. The third kappa shape index (κ3) is 2.20. The van der Waals surface area contributed by atoms with E-state index in [1.54, 1.807) is 0 Å². The lowest BCUT2D eigenvalue weighted by Crippen LogP contribution is -2.25. The highest BCUT2D eigenvalue weighted by Gasteiger charge is 2.60. The van der Waals surface area contributed by atoms with E-state index in [2.05, 4.69) is 41.6 Å². The largest absolute Gasteiger partial charge is 0.323 e. The van der Waals surface area contributed by atoms with Crippen LogP contribution in [0.25, 0.3) is 0 Å². The number of aryl methyl sites for hydroxylation is 3. The molecule has 2 aromatic rings. The second-order valence-electron chi connectivity index (χ2n) is 7.27. The second kappa shape index (κ2) is 5.47. The summed E-state index contributed by atoms with van der Waals surface area (Å²) in [4.78, 5) is 12.9. The van der Waals surface area contributed by atoms with Crippen molar-refractivity contribution in [1.29, 1.82) is 0 Å². The quantitative estimate of drug-likeness (QED) is 0.935. The van der Waals surface area contributed by atoms with E-state index in [-0.39, 0.29) is 17.2 Å². The van der Waals surface area contributed by atoms with Crippen LogP contribution in [0.2, 0.25) is 0 Å². The molecule has 24 heavy (non-hydrogen) atoms. The van der Waals surface area contributed by atoms with Gasteiger partial charge in [0.05, 0.1) is 17.1 Å². The molecule has 126 valence electrons. The zero-order chi connectivity index (χ0) is 16.9. The molecule has 4 nitrogen and oxygen atoms in total. The van der Waals surface area contributed by atoms with E-state index in [0.717, 1.165) is 42.9 Å². The van der Waals surface area contributed by atoms with Crippen molar-refractivity contribution in [3.63, 3.8) is 0 Å². The predicted octanol–water partition coefficient (Wildman–Crippen LogP) is 3.75. The van der Waals surface area contributed by atoms with Crippen molar-refractivity contribution in [1.82, 2.24) is 9.78 Å². The summed E-state index contributed by atoms with van der Waals surface area (Å²) in [7, 11) is 0. The van der Waals surface area contributed by atoms with Gasteiger partial charge in [0, 0.05) is 17.9 Å². The van der Waals surface area contributed by atoms with Crippen molar-refractivity contribution >= 4 is 11.6 Å². The van der Waals surface area contributed by atoms with Crippen LogP contribution >= 0.6 is 0 Å². The molecule has 1 amide bonds. The third-order valence-corrected chi connectivity index (χ3v) is 5.94.